The molecule has 0 atom stereocenters. The van der Waals surface area contributed by atoms with Gasteiger partial charge in [-0.05, 0) is 12.1 Å². The van der Waals surface area contributed by atoms with Gasteiger partial charge in [-0.15, -0.1) is 11.8 Å². The first kappa shape index (κ1) is 10.7. The van der Waals surface area contributed by atoms with Gasteiger partial charge in [0.05, 0.1) is 12.3 Å². The SMILES string of the molecule is CC(C)(C)SCc1ccc(CN)o1. The van der Waals surface area contributed by atoms with E-state index in [-0.39, 0.29) is 4.75 Å². The summed E-state index contributed by atoms with van der Waals surface area (Å²) < 4.78 is 5.77. The van der Waals surface area contributed by atoms with Crippen LogP contribution in [0.4, 0.5) is 0 Å². The van der Waals surface area contributed by atoms with Crippen LogP contribution in [0.5, 0.6) is 0 Å². The molecule has 13 heavy (non-hydrogen) atoms. The highest BCUT2D eigenvalue weighted by molar-refractivity contribution is 7.99. The molecule has 0 saturated heterocycles. The van der Waals surface area contributed by atoms with Crippen molar-refractivity contribution >= 4 is 11.8 Å². The lowest BCUT2D eigenvalue weighted by molar-refractivity contribution is 0.482. The molecule has 0 spiro atoms. The van der Waals surface area contributed by atoms with Crippen molar-refractivity contribution in [3.05, 3.63) is 23.7 Å². The van der Waals surface area contributed by atoms with Crippen molar-refractivity contribution in [1.82, 2.24) is 0 Å². The third kappa shape index (κ3) is 3.87. The van der Waals surface area contributed by atoms with Gasteiger partial charge in [-0.2, -0.15) is 0 Å². The minimum atomic E-state index is 0.287. The lowest BCUT2D eigenvalue weighted by Gasteiger charge is -2.16. The Kier molecular flexibility index (Phi) is 3.45. The molecule has 3 heteroatoms. The maximum atomic E-state index is 5.48. The maximum absolute atomic E-state index is 5.48. The van der Waals surface area contributed by atoms with E-state index in [2.05, 4.69) is 20.8 Å². The summed E-state index contributed by atoms with van der Waals surface area (Å²) in [6, 6.07) is 3.94. The van der Waals surface area contributed by atoms with Gasteiger partial charge < -0.3 is 10.2 Å². The first-order valence-corrected chi connectivity index (χ1v) is 5.41. The molecule has 1 rings (SSSR count). The fourth-order valence-corrected chi connectivity index (χ4v) is 1.63. The first-order valence-electron chi connectivity index (χ1n) is 4.43. The number of nitrogens with two attached hydrogens (primary N) is 1. The van der Waals surface area contributed by atoms with Crippen molar-refractivity contribution in [2.24, 2.45) is 5.73 Å². The van der Waals surface area contributed by atoms with Crippen LogP contribution >= 0.6 is 11.8 Å². The molecule has 0 aromatic carbocycles. The van der Waals surface area contributed by atoms with Crippen molar-refractivity contribution in [3.8, 4) is 0 Å². The zero-order valence-electron chi connectivity index (χ0n) is 8.46. The molecule has 0 aliphatic carbocycles. The Morgan fingerprint density at radius 3 is 2.38 bits per heavy atom. The van der Waals surface area contributed by atoms with E-state index < -0.39 is 0 Å². The van der Waals surface area contributed by atoms with Crippen molar-refractivity contribution in [2.45, 2.75) is 37.8 Å². The van der Waals surface area contributed by atoms with Crippen molar-refractivity contribution in [2.75, 3.05) is 0 Å². The lowest BCUT2D eigenvalue weighted by Crippen LogP contribution is -2.07. The number of rotatable bonds is 3. The highest BCUT2D eigenvalue weighted by Crippen LogP contribution is 2.27. The van der Waals surface area contributed by atoms with Gasteiger partial charge in [0.15, 0.2) is 0 Å². The third-order valence-corrected chi connectivity index (χ3v) is 2.86. The van der Waals surface area contributed by atoms with E-state index in [0.717, 1.165) is 17.3 Å². The number of hydrogen-bond acceptors (Lipinski definition) is 3. The summed E-state index contributed by atoms with van der Waals surface area (Å²) in [4.78, 5) is 0. The van der Waals surface area contributed by atoms with Crippen molar-refractivity contribution in [1.29, 1.82) is 0 Å². The number of hydrogen-bond donors (Lipinski definition) is 1. The Labute approximate surface area is 83.9 Å². The first-order chi connectivity index (χ1) is 6.01. The zero-order valence-corrected chi connectivity index (χ0v) is 9.28. The van der Waals surface area contributed by atoms with Crippen molar-refractivity contribution < 1.29 is 4.42 Å². The van der Waals surface area contributed by atoms with Crippen LogP contribution in [0.2, 0.25) is 0 Å². The summed E-state index contributed by atoms with van der Waals surface area (Å²) >= 11 is 1.88. The van der Waals surface area contributed by atoms with E-state index in [0.29, 0.717) is 6.54 Å². The smallest absolute Gasteiger partial charge is 0.117 e. The molecule has 0 radical (unpaired) electrons. The normalized spacial score (nSPS) is 12.0. The number of furan rings is 1. The van der Waals surface area contributed by atoms with Gasteiger partial charge in [-0.3, -0.25) is 0 Å². The Balaban J connectivity index is 2.46. The average molecular weight is 199 g/mol. The Morgan fingerprint density at radius 2 is 1.92 bits per heavy atom. The minimum Gasteiger partial charge on any atom is -0.464 e. The van der Waals surface area contributed by atoms with Gasteiger partial charge in [0.1, 0.15) is 11.5 Å². The molecule has 0 amide bonds. The third-order valence-electron chi connectivity index (χ3n) is 1.57. The molecule has 0 aliphatic heterocycles. The summed E-state index contributed by atoms with van der Waals surface area (Å²) in [5.74, 6) is 2.80. The largest absolute Gasteiger partial charge is 0.464 e. The second kappa shape index (κ2) is 4.20. The van der Waals surface area contributed by atoms with Gasteiger partial charge in [0.2, 0.25) is 0 Å². The molecular weight excluding hydrogens is 182 g/mol. The van der Waals surface area contributed by atoms with Crippen LogP contribution in [-0.2, 0) is 12.3 Å². The van der Waals surface area contributed by atoms with Crippen LogP contribution in [0, 0.1) is 0 Å². The van der Waals surface area contributed by atoms with Gasteiger partial charge in [0.25, 0.3) is 0 Å². The fraction of sp³-hybridized carbons (Fsp3) is 0.600. The molecule has 1 heterocycles. The van der Waals surface area contributed by atoms with Gasteiger partial charge >= 0.3 is 0 Å². The standard InChI is InChI=1S/C10H17NOS/c1-10(2,3)13-7-9-5-4-8(6-11)12-9/h4-5H,6-7,11H2,1-3H3. The van der Waals surface area contributed by atoms with E-state index >= 15 is 0 Å². The summed E-state index contributed by atoms with van der Waals surface area (Å²) in [6.07, 6.45) is 0. The van der Waals surface area contributed by atoms with Crippen molar-refractivity contribution in [3.63, 3.8) is 0 Å². The van der Waals surface area contributed by atoms with E-state index in [1.807, 2.05) is 23.9 Å². The molecule has 74 valence electrons. The molecule has 0 unspecified atom stereocenters. The molecule has 0 fully saturated rings. The van der Waals surface area contributed by atoms with E-state index in [1.165, 1.54) is 0 Å². The van der Waals surface area contributed by atoms with Crippen LogP contribution in [0.25, 0.3) is 0 Å². The average Bonchev–Trinajstić information content (AvgIpc) is 2.47. The topological polar surface area (TPSA) is 39.2 Å². The second-order valence-electron chi connectivity index (χ2n) is 3.97. The second-order valence-corrected chi connectivity index (χ2v) is 5.78. The zero-order chi connectivity index (χ0) is 9.90. The monoisotopic (exact) mass is 199 g/mol. The molecule has 2 nitrogen and oxygen atoms in total. The predicted octanol–water partition coefficient (Wildman–Crippen LogP) is 2.77. The summed E-state index contributed by atoms with van der Waals surface area (Å²) in [5, 5.41) is 0. The summed E-state index contributed by atoms with van der Waals surface area (Å²) in [6.45, 7) is 7.08. The molecule has 0 bridgehead atoms. The summed E-state index contributed by atoms with van der Waals surface area (Å²) in [5.41, 5.74) is 5.44. The molecule has 0 saturated carbocycles. The maximum Gasteiger partial charge on any atom is 0.117 e. The van der Waals surface area contributed by atoms with Gasteiger partial charge in [-0.25, -0.2) is 0 Å². The van der Waals surface area contributed by atoms with E-state index in [9.17, 15) is 0 Å². The van der Waals surface area contributed by atoms with Gasteiger partial charge in [-0.1, -0.05) is 20.8 Å². The van der Waals surface area contributed by atoms with E-state index in [4.69, 9.17) is 10.2 Å². The predicted molar refractivity (Wildman–Crippen MR) is 57.6 cm³/mol. The quantitative estimate of drug-likeness (QED) is 0.813. The molecular formula is C10H17NOS. The Bertz CT molecular complexity index is 262. The Morgan fingerprint density at radius 1 is 1.31 bits per heavy atom. The molecule has 0 aliphatic rings. The van der Waals surface area contributed by atoms with Gasteiger partial charge in [0, 0.05) is 4.75 Å². The highest BCUT2D eigenvalue weighted by Gasteiger charge is 2.11. The molecule has 1 aromatic heterocycles. The fourth-order valence-electron chi connectivity index (χ4n) is 0.897. The van der Waals surface area contributed by atoms with Crippen LogP contribution in [-0.4, -0.2) is 4.75 Å². The van der Waals surface area contributed by atoms with Crippen LogP contribution in [0.15, 0.2) is 16.5 Å². The molecule has 1 aromatic rings. The van der Waals surface area contributed by atoms with E-state index in [1.54, 1.807) is 0 Å². The van der Waals surface area contributed by atoms with Crippen LogP contribution < -0.4 is 5.73 Å². The minimum absolute atomic E-state index is 0.287. The highest BCUT2D eigenvalue weighted by atomic mass is 32.2. The van der Waals surface area contributed by atoms with Crippen LogP contribution in [0.1, 0.15) is 32.3 Å². The van der Waals surface area contributed by atoms with Crippen LogP contribution in [0.3, 0.4) is 0 Å². The summed E-state index contributed by atoms with van der Waals surface area (Å²) in [7, 11) is 0. The number of thioether (sulfide) groups is 1. The Hall–Kier alpha value is -0.410. The lowest BCUT2D eigenvalue weighted by atomic mass is 10.3. The molecule has 2 N–H and O–H groups in total.